The molecule has 0 radical (unpaired) electrons. The highest BCUT2D eigenvalue weighted by molar-refractivity contribution is 7.89. The van der Waals surface area contributed by atoms with E-state index in [0.717, 1.165) is 31.7 Å². The van der Waals surface area contributed by atoms with Crippen molar-refractivity contribution in [2.24, 2.45) is 0 Å². The van der Waals surface area contributed by atoms with Gasteiger partial charge >= 0.3 is 0 Å². The number of furan rings is 1. The number of sulfonamides is 1. The fourth-order valence-corrected chi connectivity index (χ4v) is 4.78. The van der Waals surface area contributed by atoms with E-state index >= 15 is 0 Å². The quantitative estimate of drug-likeness (QED) is 0.844. The van der Waals surface area contributed by atoms with E-state index in [2.05, 4.69) is 14.8 Å². The van der Waals surface area contributed by atoms with Crippen molar-refractivity contribution in [1.82, 2.24) is 14.8 Å². The van der Waals surface area contributed by atoms with Crippen LogP contribution in [0, 0.1) is 13.8 Å². The Labute approximate surface area is 148 Å². The van der Waals surface area contributed by atoms with Crippen LogP contribution in [0.5, 0.6) is 0 Å². The number of aromatic nitrogens is 1. The van der Waals surface area contributed by atoms with Crippen LogP contribution in [0.2, 0.25) is 0 Å². The second-order valence-corrected chi connectivity index (χ2v) is 8.19. The maximum Gasteiger partial charge on any atom is 0.246 e. The molecule has 3 heterocycles. The molecule has 3 rings (SSSR count). The molecule has 0 saturated carbocycles. The van der Waals surface area contributed by atoms with E-state index in [9.17, 15) is 8.42 Å². The lowest BCUT2D eigenvalue weighted by atomic mass is 10.2. The first-order valence-electron chi connectivity index (χ1n) is 8.69. The molecule has 1 aliphatic heterocycles. The van der Waals surface area contributed by atoms with Gasteiger partial charge in [0.15, 0.2) is 5.76 Å². The van der Waals surface area contributed by atoms with Crippen molar-refractivity contribution in [3.8, 4) is 0 Å². The first kappa shape index (κ1) is 18.2. The van der Waals surface area contributed by atoms with Crippen LogP contribution in [0.1, 0.15) is 48.9 Å². The van der Waals surface area contributed by atoms with Crippen molar-refractivity contribution in [3.63, 3.8) is 0 Å². The number of nitrogens with zero attached hydrogens (tertiary/aromatic N) is 2. The van der Waals surface area contributed by atoms with Crippen molar-refractivity contribution in [2.75, 3.05) is 19.6 Å². The minimum absolute atomic E-state index is 0.122. The molecule has 2 aromatic heterocycles. The van der Waals surface area contributed by atoms with E-state index in [4.69, 9.17) is 8.94 Å². The zero-order chi connectivity index (χ0) is 17.9. The molecular formula is C17H25N3O4S. The van der Waals surface area contributed by atoms with E-state index in [1.54, 1.807) is 20.1 Å². The molecule has 1 atom stereocenters. The minimum atomic E-state index is -3.69. The van der Waals surface area contributed by atoms with Crippen molar-refractivity contribution < 1.29 is 17.4 Å². The van der Waals surface area contributed by atoms with Gasteiger partial charge in [-0.15, -0.1) is 0 Å². The van der Waals surface area contributed by atoms with E-state index in [1.807, 2.05) is 12.1 Å². The summed E-state index contributed by atoms with van der Waals surface area (Å²) in [5, 5.41) is 3.74. The van der Waals surface area contributed by atoms with Gasteiger partial charge in [-0.3, -0.25) is 4.90 Å². The van der Waals surface area contributed by atoms with Crippen LogP contribution in [-0.4, -0.2) is 38.1 Å². The predicted octanol–water partition coefficient (Wildman–Crippen LogP) is 2.78. The van der Waals surface area contributed by atoms with Gasteiger partial charge in [0.25, 0.3) is 0 Å². The average molecular weight is 367 g/mol. The average Bonchev–Trinajstić information content (AvgIpc) is 3.11. The molecule has 7 nitrogen and oxygen atoms in total. The summed E-state index contributed by atoms with van der Waals surface area (Å²) in [6, 6.07) is 3.62. The van der Waals surface area contributed by atoms with Gasteiger partial charge < -0.3 is 8.94 Å². The summed E-state index contributed by atoms with van der Waals surface area (Å²) in [6.07, 6.45) is 6.29. The Morgan fingerprint density at radius 3 is 2.52 bits per heavy atom. The number of aryl methyl sites for hydroxylation is 2. The monoisotopic (exact) mass is 367 g/mol. The fraction of sp³-hybridized carbons (Fsp3) is 0.588. The fourth-order valence-electron chi connectivity index (χ4n) is 3.42. The van der Waals surface area contributed by atoms with Crippen LogP contribution in [0.4, 0.5) is 0 Å². The summed E-state index contributed by atoms with van der Waals surface area (Å²) in [4.78, 5) is 2.43. The Morgan fingerprint density at radius 2 is 1.96 bits per heavy atom. The van der Waals surface area contributed by atoms with Gasteiger partial charge in [-0.05, 0) is 51.9 Å². The summed E-state index contributed by atoms with van der Waals surface area (Å²) < 4.78 is 38.7. The zero-order valence-electron chi connectivity index (χ0n) is 14.7. The zero-order valence-corrected chi connectivity index (χ0v) is 15.5. The predicted molar refractivity (Wildman–Crippen MR) is 92.7 cm³/mol. The number of nitrogens with one attached hydrogen (secondary N) is 1. The molecule has 25 heavy (non-hydrogen) atoms. The number of likely N-dealkylation sites (tertiary alicyclic amines) is 1. The molecule has 138 valence electrons. The molecule has 0 bridgehead atoms. The maximum absolute atomic E-state index is 12.7. The minimum Gasteiger partial charge on any atom is -0.468 e. The van der Waals surface area contributed by atoms with E-state index in [0.29, 0.717) is 11.5 Å². The summed E-state index contributed by atoms with van der Waals surface area (Å²) in [6.45, 7) is 5.37. The highest BCUT2D eigenvalue weighted by atomic mass is 32.2. The second kappa shape index (κ2) is 7.72. The van der Waals surface area contributed by atoms with Crippen LogP contribution in [0.15, 0.2) is 32.2 Å². The first-order chi connectivity index (χ1) is 12.0. The molecule has 0 spiro atoms. The topological polar surface area (TPSA) is 88.6 Å². The number of hydrogen-bond donors (Lipinski definition) is 1. The van der Waals surface area contributed by atoms with Gasteiger partial charge in [-0.1, -0.05) is 18.0 Å². The molecule has 1 unspecified atom stereocenters. The lowest BCUT2D eigenvalue weighted by Crippen LogP contribution is -2.38. The third kappa shape index (κ3) is 4.13. The smallest absolute Gasteiger partial charge is 0.246 e. The third-order valence-corrected chi connectivity index (χ3v) is 6.32. The number of hydrogen-bond acceptors (Lipinski definition) is 6. The van der Waals surface area contributed by atoms with Gasteiger partial charge in [0.2, 0.25) is 10.0 Å². The molecule has 8 heteroatoms. The van der Waals surface area contributed by atoms with Crippen LogP contribution in [0.25, 0.3) is 0 Å². The SMILES string of the molecule is Cc1noc(C)c1S(=O)(=O)NCC(c1ccco1)N1CCCCCC1. The van der Waals surface area contributed by atoms with Crippen LogP contribution >= 0.6 is 0 Å². The standard InChI is InChI=1S/C17H25N3O4S/c1-13-17(14(2)24-19-13)25(21,22)18-12-15(16-8-7-11-23-16)20-9-5-3-4-6-10-20/h7-8,11,15,18H,3-6,9-10,12H2,1-2H3. The number of rotatable bonds is 6. The third-order valence-electron chi connectivity index (χ3n) is 4.66. The van der Waals surface area contributed by atoms with Gasteiger partial charge in [-0.2, -0.15) is 0 Å². The highest BCUT2D eigenvalue weighted by Gasteiger charge is 2.29. The Kier molecular flexibility index (Phi) is 5.61. The first-order valence-corrected chi connectivity index (χ1v) is 10.2. The molecule has 1 fully saturated rings. The van der Waals surface area contributed by atoms with E-state index in [1.165, 1.54) is 12.8 Å². The maximum atomic E-state index is 12.7. The molecule has 1 saturated heterocycles. The van der Waals surface area contributed by atoms with E-state index < -0.39 is 10.0 Å². The lowest BCUT2D eigenvalue weighted by Gasteiger charge is -2.29. The lowest BCUT2D eigenvalue weighted by molar-refractivity contribution is 0.182. The Balaban J connectivity index is 1.79. The van der Waals surface area contributed by atoms with Crippen LogP contribution < -0.4 is 4.72 Å². The van der Waals surface area contributed by atoms with Crippen molar-refractivity contribution in [1.29, 1.82) is 0 Å². The van der Waals surface area contributed by atoms with Gasteiger partial charge in [-0.25, -0.2) is 13.1 Å². The summed E-state index contributed by atoms with van der Waals surface area (Å²) in [5.74, 6) is 1.08. The normalized spacial score (nSPS) is 18.2. The Bertz CT molecular complexity index is 755. The van der Waals surface area contributed by atoms with Gasteiger partial charge in [0, 0.05) is 6.54 Å². The Hall–Kier alpha value is -1.64. The van der Waals surface area contributed by atoms with Crippen molar-refractivity contribution >= 4 is 10.0 Å². The van der Waals surface area contributed by atoms with Crippen LogP contribution in [0.3, 0.4) is 0 Å². The second-order valence-electron chi connectivity index (χ2n) is 6.49. The van der Waals surface area contributed by atoms with Crippen LogP contribution in [-0.2, 0) is 10.0 Å². The van der Waals surface area contributed by atoms with Gasteiger partial charge in [0.1, 0.15) is 16.3 Å². The molecule has 0 amide bonds. The van der Waals surface area contributed by atoms with Crippen molar-refractivity contribution in [2.45, 2.75) is 50.5 Å². The van der Waals surface area contributed by atoms with Gasteiger partial charge in [0.05, 0.1) is 12.3 Å². The highest BCUT2D eigenvalue weighted by Crippen LogP contribution is 2.25. The molecule has 0 aliphatic carbocycles. The molecule has 0 aromatic carbocycles. The summed E-state index contributed by atoms with van der Waals surface area (Å²) in [7, 11) is -3.69. The largest absolute Gasteiger partial charge is 0.468 e. The van der Waals surface area contributed by atoms with Crippen molar-refractivity contribution in [3.05, 3.63) is 35.6 Å². The summed E-state index contributed by atoms with van der Waals surface area (Å²) in [5.41, 5.74) is 0.370. The van der Waals surface area contributed by atoms with E-state index in [-0.39, 0.29) is 17.5 Å². The molecule has 2 aromatic rings. The molecule has 1 aliphatic rings. The molecule has 1 N–H and O–H groups in total. The summed E-state index contributed by atoms with van der Waals surface area (Å²) >= 11 is 0. The Morgan fingerprint density at radius 1 is 1.24 bits per heavy atom. The molecular weight excluding hydrogens is 342 g/mol.